The van der Waals surface area contributed by atoms with Crippen LogP contribution in [0.25, 0.3) is 0 Å². The summed E-state index contributed by atoms with van der Waals surface area (Å²) in [4.78, 5) is 2.35. The summed E-state index contributed by atoms with van der Waals surface area (Å²) in [7, 11) is 0. The van der Waals surface area contributed by atoms with E-state index in [-0.39, 0.29) is 0 Å². The second-order valence-corrected chi connectivity index (χ2v) is 6.20. The Hall–Kier alpha value is -1.00. The Morgan fingerprint density at radius 1 is 1.10 bits per heavy atom. The summed E-state index contributed by atoms with van der Waals surface area (Å²) in [6.45, 7) is 1.73. The number of nitrogens with zero attached hydrogens (tertiary/aromatic N) is 1. The zero-order valence-corrected chi connectivity index (χ0v) is 14.2. The van der Waals surface area contributed by atoms with Crippen LogP contribution in [-0.2, 0) is 5.33 Å². The number of rotatable bonds is 2. The van der Waals surface area contributed by atoms with E-state index in [1.807, 2.05) is 12.1 Å². The van der Waals surface area contributed by atoms with Crippen LogP contribution in [-0.4, -0.2) is 13.2 Å². The fourth-order valence-corrected chi connectivity index (χ4v) is 3.30. The number of hydrogen-bond acceptors (Lipinski definition) is 2. The van der Waals surface area contributed by atoms with Gasteiger partial charge in [0.15, 0.2) is 0 Å². The van der Waals surface area contributed by atoms with Crippen LogP contribution in [0.5, 0.6) is 5.75 Å². The first-order chi connectivity index (χ1) is 9.79. The summed E-state index contributed by atoms with van der Waals surface area (Å²) >= 11 is 7.16. The summed E-state index contributed by atoms with van der Waals surface area (Å²) in [5.74, 6) is 0.963. The van der Waals surface area contributed by atoms with Gasteiger partial charge in [-0.2, -0.15) is 0 Å². The SMILES string of the molecule is BrCc1ccc(Br)cc1N1CCCOc2ccccc21. The van der Waals surface area contributed by atoms with Gasteiger partial charge in [-0.1, -0.05) is 50.1 Å². The molecule has 0 bridgehead atoms. The molecule has 4 heteroatoms. The van der Waals surface area contributed by atoms with Crippen LogP contribution >= 0.6 is 31.9 Å². The van der Waals surface area contributed by atoms with Gasteiger partial charge in [-0.3, -0.25) is 0 Å². The molecule has 0 saturated carbocycles. The van der Waals surface area contributed by atoms with Gasteiger partial charge in [-0.15, -0.1) is 0 Å². The molecule has 0 radical (unpaired) electrons. The summed E-state index contributed by atoms with van der Waals surface area (Å²) in [6, 6.07) is 14.7. The number of fused-ring (bicyclic) bond motifs is 1. The molecule has 0 N–H and O–H groups in total. The minimum absolute atomic E-state index is 0.769. The standard InChI is InChI=1S/C16H15Br2NO/c17-11-12-6-7-13(18)10-15(12)19-8-3-9-20-16-5-2-1-4-14(16)19/h1-2,4-7,10H,3,8-9,11H2. The highest BCUT2D eigenvalue weighted by Crippen LogP contribution is 2.38. The number of halogens is 2. The average Bonchev–Trinajstić information content (AvgIpc) is 2.69. The topological polar surface area (TPSA) is 12.5 Å². The van der Waals surface area contributed by atoms with Gasteiger partial charge in [0, 0.05) is 22.0 Å². The van der Waals surface area contributed by atoms with Crippen molar-refractivity contribution in [2.75, 3.05) is 18.1 Å². The van der Waals surface area contributed by atoms with E-state index in [4.69, 9.17) is 4.74 Å². The average molecular weight is 397 g/mol. The Kier molecular flexibility index (Phi) is 4.32. The molecule has 1 aliphatic heterocycles. The normalized spacial score (nSPS) is 14.4. The first kappa shape index (κ1) is 14.0. The summed E-state index contributed by atoms with van der Waals surface area (Å²) in [6.07, 6.45) is 1.02. The van der Waals surface area contributed by atoms with Crippen LogP contribution in [0.3, 0.4) is 0 Å². The predicted molar refractivity (Wildman–Crippen MR) is 90.3 cm³/mol. The van der Waals surface area contributed by atoms with Crippen molar-refractivity contribution in [1.82, 2.24) is 0 Å². The summed E-state index contributed by atoms with van der Waals surface area (Å²) in [5, 5.41) is 0.842. The number of alkyl halides is 1. The Morgan fingerprint density at radius 3 is 2.80 bits per heavy atom. The van der Waals surface area contributed by atoms with Gasteiger partial charge in [0.05, 0.1) is 12.3 Å². The van der Waals surface area contributed by atoms with E-state index in [0.29, 0.717) is 0 Å². The highest BCUT2D eigenvalue weighted by molar-refractivity contribution is 9.10. The molecule has 0 unspecified atom stereocenters. The largest absolute Gasteiger partial charge is 0.491 e. The molecule has 2 aromatic rings. The van der Waals surface area contributed by atoms with E-state index in [9.17, 15) is 0 Å². The predicted octanol–water partition coefficient (Wildman–Crippen LogP) is 5.26. The third-order valence-corrected chi connectivity index (χ3v) is 4.52. The number of anilines is 2. The molecule has 1 heterocycles. The molecule has 1 aliphatic rings. The fraction of sp³-hybridized carbons (Fsp3) is 0.250. The van der Waals surface area contributed by atoms with Gasteiger partial charge in [-0.05, 0) is 36.2 Å². The fourth-order valence-electron chi connectivity index (χ4n) is 2.48. The van der Waals surface area contributed by atoms with E-state index in [1.54, 1.807) is 0 Å². The quantitative estimate of drug-likeness (QED) is 0.641. The van der Waals surface area contributed by atoms with E-state index in [2.05, 4.69) is 67.1 Å². The van der Waals surface area contributed by atoms with Crippen LogP contribution in [0.2, 0.25) is 0 Å². The first-order valence-electron chi connectivity index (χ1n) is 6.63. The lowest BCUT2D eigenvalue weighted by Crippen LogP contribution is -2.19. The molecule has 20 heavy (non-hydrogen) atoms. The number of ether oxygens (including phenoxy) is 1. The highest BCUT2D eigenvalue weighted by atomic mass is 79.9. The maximum atomic E-state index is 5.84. The van der Waals surface area contributed by atoms with Crippen molar-refractivity contribution in [3.05, 3.63) is 52.5 Å². The zero-order valence-electron chi connectivity index (χ0n) is 11.0. The van der Waals surface area contributed by atoms with Crippen LogP contribution in [0.15, 0.2) is 46.9 Å². The molecule has 0 saturated heterocycles. The maximum Gasteiger partial charge on any atom is 0.142 e. The molecule has 104 valence electrons. The summed E-state index contributed by atoms with van der Waals surface area (Å²) < 4.78 is 6.94. The molecule has 2 aromatic carbocycles. The van der Waals surface area contributed by atoms with E-state index < -0.39 is 0 Å². The van der Waals surface area contributed by atoms with Gasteiger partial charge < -0.3 is 9.64 Å². The van der Waals surface area contributed by atoms with Crippen LogP contribution in [0.4, 0.5) is 11.4 Å². The molecule has 0 aliphatic carbocycles. The Labute approximate surface area is 136 Å². The van der Waals surface area contributed by atoms with Crippen LogP contribution in [0, 0.1) is 0 Å². The van der Waals surface area contributed by atoms with Crippen molar-refractivity contribution in [3.63, 3.8) is 0 Å². The van der Waals surface area contributed by atoms with Gasteiger partial charge in [0.2, 0.25) is 0 Å². The number of para-hydroxylation sites is 2. The molecular formula is C16H15Br2NO. The van der Waals surface area contributed by atoms with Gasteiger partial charge in [0.25, 0.3) is 0 Å². The van der Waals surface area contributed by atoms with Crippen molar-refractivity contribution in [2.24, 2.45) is 0 Å². The van der Waals surface area contributed by atoms with Gasteiger partial charge >= 0.3 is 0 Å². The third-order valence-electron chi connectivity index (χ3n) is 3.42. The Bertz CT molecular complexity index is 615. The first-order valence-corrected chi connectivity index (χ1v) is 8.55. The molecule has 0 atom stereocenters. The zero-order chi connectivity index (χ0) is 13.9. The van der Waals surface area contributed by atoms with E-state index in [0.717, 1.165) is 40.8 Å². The minimum atomic E-state index is 0.769. The Morgan fingerprint density at radius 2 is 1.95 bits per heavy atom. The molecular weight excluding hydrogens is 382 g/mol. The van der Waals surface area contributed by atoms with E-state index >= 15 is 0 Å². The Balaban J connectivity index is 2.12. The van der Waals surface area contributed by atoms with Crippen molar-refractivity contribution < 1.29 is 4.74 Å². The third kappa shape index (κ3) is 2.72. The van der Waals surface area contributed by atoms with Crippen molar-refractivity contribution >= 4 is 43.2 Å². The van der Waals surface area contributed by atoms with Crippen LogP contribution < -0.4 is 9.64 Å². The monoisotopic (exact) mass is 395 g/mol. The number of benzene rings is 2. The molecule has 2 nitrogen and oxygen atoms in total. The molecule has 3 rings (SSSR count). The van der Waals surface area contributed by atoms with Crippen LogP contribution in [0.1, 0.15) is 12.0 Å². The maximum absolute atomic E-state index is 5.84. The van der Waals surface area contributed by atoms with Crippen molar-refractivity contribution in [1.29, 1.82) is 0 Å². The van der Waals surface area contributed by atoms with Crippen molar-refractivity contribution in [3.8, 4) is 5.75 Å². The number of hydrogen-bond donors (Lipinski definition) is 0. The lowest BCUT2D eigenvalue weighted by atomic mass is 10.1. The molecule has 0 fully saturated rings. The van der Waals surface area contributed by atoms with Crippen molar-refractivity contribution in [2.45, 2.75) is 11.8 Å². The molecule has 0 spiro atoms. The molecule has 0 aromatic heterocycles. The second-order valence-electron chi connectivity index (χ2n) is 4.73. The summed E-state index contributed by atoms with van der Waals surface area (Å²) in [5.41, 5.74) is 3.66. The smallest absolute Gasteiger partial charge is 0.142 e. The highest BCUT2D eigenvalue weighted by Gasteiger charge is 2.19. The van der Waals surface area contributed by atoms with Gasteiger partial charge in [-0.25, -0.2) is 0 Å². The lowest BCUT2D eigenvalue weighted by Gasteiger charge is -2.26. The second kappa shape index (κ2) is 6.19. The lowest BCUT2D eigenvalue weighted by molar-refractivity contribution is 0.322. The van der Waals surface area contributed by atoms with Gasteiger partial charge in [0.1, 0.15) is 5.75 Å². The van der Waals surface area contributed by atoms with E-state index in [1.165, 1.54) is 11.3 Å². The minimum Gasteiger partial charge on any atom is -0.491 e. The molecule has 0 amide bonds.